The van der Waals surface area contributed by atoms with E-state index in [1.54, 1.807) is 0 Å². The number of aromatic nitrogens is 4. The van der Waals surface area contributed by atoms with Crippen molar-refractivity contribution in [2.75, 3.05) is 0 Å². The van der Waals surface area contributed by atoms with Gasteiger partial charge in [-0.15, -0.1) is 0 Å². The standard InChI is InChI=1S/C36H46N4.2BF4.Mn/c1-9-22-21-33-26(13-5)31-18-17-29(37-31)25(12-4)30-19-20-32(38-30)27(14-6)35-23(10-2)24(11-3)36(40(35)16-8)28(15-7)34(22)39-33;2*2-1(3,4)5;/h17-21,37H,9-16H2,1-8H3;;;/q;2*-1;+2. The normalized spacial score (nSPS) is 12.4. The van der Waals surface area contributed by atoms with Gasteiger partial charge in [0.1, 0.15) is 0 Å². The maximum Gasteiger partial charge on any atom is 2.00 e. The molecule has 15 heteroatoms. The average molecular weight is 763 g/mol. The van der Waals surface area contributed by atoms with Gasteiger partial charge in [0.2, 0.25) is 0 Å². The maximum absolute atomic E-state index is 9.75. The molecule has 0 unspecified atom stereocenters. The molecule has 5 heterocycles. The minimum Gasteiger partial charge on any atom is -0.418 e. The van der Waals surface area contributed by atoms with Crippen molar-refractivity contribution in [2.45, 2.75) is 107 Å². The Labute approximate surface area is 305 Å². The fourth-order valence-electron chi connectivity index (χ4n) is 7.02. The van der Waals surface area contributed by atoms with Gasteiger partial charge in [-0.1, -0.05) is 48.5 Å². The number of rotatable bonds is 8. The first-order valence-corrected chi connectivity index (χ1v) is 17.4. The van der Waals surface area contributed by atoms with Crippen LogP contribution in [0, 0.1) is 0 Å². The first kappa shape index (κ1) is 43.9. The summed E-state index contributed by atoms with van der Waals surface area (Å²) in [6.45, 7) is 19.2. The molecule has 0 atom stereocenters. The Morgan fingerprint density at radius 1 is 0.529 bits per heavy atom. The Hall–Kier alpha value is -3.31. The molecule has 2 aliphatic heterocycles. The fraction of sp³-hybridized carbons (Fsp3) is 0.444. The number of H-pyrrole nitrogens is 1. The summed E-state index contributed by atoms with van der Waals surface area (Å²) < 4.78 is 80.6. The van der Waals surface area contributed by atoms with Crippen LogP contribution in [-0.2, 0) is 62.1 Å². The minimum atomic E-state index is -6.00. The largest absolute Gasteiger partial charge is 2.00 e. The number of fused-ring (bicyclic) bond motifs is 8. The quantitative estimate of drug-likeness (QED) is 0.144. The average Bonchev–Trinajstić information content (AvgIpc) is 3.84. The van der Waals surface area contributed by atoms with Crippen molar-refractivity contribution >= 4 is 60.4 Å². The smallest absolute Gasteiger partial charge is 0.418 e. The van der Waals surface area contributed by atoms with Crippen LogP contribution in [0.15, 0.2) is 12.1 Å². The fourth-order valence-corrected chi connectivity index (χ4v) is 7.02. The van der Waals surface area contributed by atoms with Crippen LogP contribution in [0.25, 0.3) is 45.9 Å². The van der Waals surface area contributed by atoms with E-state index < -0.39 is 14.5 Å². The van der Waals surface area contributed by atoms with E-state index in [1.165, 1.54) is 55.7 Å². The summed E-state index contributed by atoms with van der Waals surface area (Å²) in [5, 5.41) is 0. The van der Waals surface area contributed by atoms with Gasteiger partial charge in [0.15, 0.2) is 0 Å². The third kappa shape index (κ3) is 10.4. The Morgan fingerprint density at radius 3 is 1.31 bits per heavy atom. The Kier molecular flexibility index (Phi) is 15.9. The van der Waals surface area contributed by atoms with Crippen LogP contribution in [0.5, 0.6) is 0 Å². The number of nitrogens with one attached hydrogen (secondary N) is 1. The van der Waals surface area contributed by atoms with Crippen molar-refractivity contribution in [3.05, 3.63) is 68.3 Å². The zero-order chi connectivity index (χ0) is 37.6. The molecule has 0 aliphatic carbocycles. The second-order valence-corrected chi connectivity index (χ2v) is 11.8. The van der Waals surface area contributed by atoms with Crippen molar-refractivity contribution in [1.82, 2.24) is 19.5 Å². The van der Waals surface area contributed by atoms with E-state index >= 15 is 0 Å². The Morgan fingerprint density at radius 2 is 0.922 bits per heavy atom. The van der Waals surface area contributed by atoms with Crippen LogP contribution in [0.1, 0.15) is 118 Å². The van der Waals surface area contributed by atoms with Gasteiger partial charge in [-0.3, -0.25) is 0 Å². The number of aryl methyl sites for hydroxylation is 7. The summed E-state index contributed by atoms with van der Waals surface area (Å²) >= 11 is 0. The van der Waals surface area contributed by atoms with Crippen molar-refractivity contribution in [2.24, 2.45) is 0 Å². The van der Waals surface area contributed by atoms with Gasteiger partial charge in [-0.2, -0.15) is 0 Å². The van der Waals surface area contributed by atoms with Crippen LogP contribution < -0.4 is 0 Å². The van der Waals surface area contributed by atoms with E-state index in [4.69, 9.17) is 9.97 Å². The van der Waals surface area contributed by atoms with Crippen LogP contribution in [0.4, 0.5) is 34.5 Å². The zero-order valence-electron chi connectivity index (χ0n) is 30.4. The summed E-state index contributed by atoms with van der Waals surface area (Å²) in [6.07, 6.45) is 13.6. The van der Waals surface area contributed by atoms with Crippen molar-refractivity contribution in [1.29, 1.82) is 0 Å². The second kappa shape index (κ2) is 18.4. The number of aromatic amines is 1. The molecular formula is C36H46B2F8MnN4. The molecular weight excluding hydrogens is 717 g/mol. The third-order valence-electron chi connectivity index (χ3n) is 8.90. The van der Waals surface area contributed by atoms with Gasteiger partial charge in [0.05, 0.1) is 33.8 Å². The number of nitrogens with zero attached hydrogens (tertiary/aromatic N) is 3. The number of hydrogen-bond acceptors (Lipinski definition) is 2. The molecule has 0 spiro atoms. The van der Waals surface area contributed by atoms with Crippen LogP contribution in [0.3, 0.4) is 0 Å². The molecule has 279 valence electrons. The van der Waals surface area contributed by atoms with Gasteiger partial charge in [0.25, 0.3) is 0 Å². The summed E-state index contributed by atoms with van der Waals surface area (Å²) in [4.78, 5) is 14.5. The molecule has 4 nitrogen and oxygen atoms in total. The summed E-state index contributed by atoms with van der Waals surface area (Å²) in [6, 6.07) is 4.46. The van der Waals surface area contributed by atoms with Crippen molar-refractivity contribution in [3.8, 4) is 0 Å². The van der Waals surface area contributed by atoms with Crippen LogP contribution in [-0.4, -0.2) is 34.0 Å². The first-order valence-electron chi connectivity index (χ1n) is 17.4. The molecule has 1 N–H and O–H groups in total. The molecule has 2 aliphatic rings. The monoisotopic (exact) mass is 763 g/mol. The number of halogens is 8. The summed E-state index contributed by atoms with van der Waals surface area (Å²) in [7, 11) is -12.0. The molecule has 0 amide bonds. The molecule has 0 saturated heterocycles. The molecule has 0 aromatic carbocycles. The molecule has 0 fully saturated rings. The second-order valence-electron chi connectivity index (χ2n) is 11.8. The zero-order valence-corrected chi connectivity index (χ0v) is 31.6. The number of allylic oxidation sites excluding steroid dienone is 1. The van der Waals surface area contributed by atoms with E-state index in [1.807, 2.05) is 0 Å². The Balaban J connectivity index is 0.000000723. The first-order chi connectivity index (χ1) is 23.5. The van der Waals surface area contributed by atoms with Gasteiger partial charge in [-0.05, 0) is 98.9 Å². The van der Waals surface area contributed by atoms with E-state index in [-0.39, 0.29) is 17.1 Å². The molecule has 3 aromatic rings. The van der Waals surface area contributed by atoms with Gasteiger partial charge in [-0.25, -0.2) is 9.97 Å². The predicted octanol–water partition coefficient (Wildman–Crippen LogP) is 11.9. The molecule has 1 radical (unpaired) electrons. The Bertz CT molecular complexity index is 1880. The van der Waals surface area contributed by atoms with E-state index in [2.05, 4.69) is 95.3 Å². The van der Waals surface area contributed by atoms with Crippen molar-refractivity contribution < 1.29 is 51.6 Å². The van der Waals surface area contributed by atoms with Gasteiger partial charge >= 0.3 is 31.6 Å². The SMILES string of the molecule is CCC1=Cc2nc1c(CC)c1c(CC)c(CC)c(c(CC)c3nc(c(CC)c4ccc([nH]4)c2CC)C=C3)n1CC.F[B-](F)(F)F.F[B-](F)(F)F.[Mn+2]. The number of hydrogen-bond donors (Lipinski definition) is 1. The molecule has 5 rings (SSSR count). The topological polar surface area (TPSA) is 46.5 Å². The van der Waals surface area contributed by atoms with Gasteiger partial charge < -0.3 is 44.1 Å². The summed E-state index contributed by atoms with van der Waals surface area (Å²) in [5.41, 5.74) is 19.2. The summed E-state index contributed by atoms with van der Waals surface area (Å²) in [5.74, 6) is 0. The molecule has 8 bridgehead atoms. The molecule has 51 heavy (non-hydrogen) atoms. The third-order valence-corrected chi connectivity index (χ3v) is 8.90. The minimum absolute atomic E-state index is 0. The van der Waals surface area contributed by atoms with Gasteiger partial charge in [0, 0.05) is 39.8 Å². The maximum atomic E-state index is 9.75. The predicted molar refractivity (Wildman–Crippen MR) is 194 cm³/mol. The van der Waals surface area contributed by atoms with Crippen LogP contribution >= 0.6 is 0 Å². The van der Waals surface area contributed by atoms with Crippen LogP contribution in [0.2, 0.25) is 0 Å². The van der Waals surface area contributed by atoms with Crippen molar-refractivity contribution in [3.63, 3.8) is 0 Å². The molecule has 0 saturated carbocycles. The molecule has 3 aromatic heterocycles. The van der Waals surface area contributed by atoms with E-state index in [0.29, 0.717) is 0 Å². The van der Waals surface area contributed by atoms with E-state index in [0.717, 1.165) is 79.6 Å². The van der Waals surface area contributed by atoms with E-state index in [9.17, 15) is 34.5 Å².